The van der Waals surface area contributed by atoms with Crippen LogP contribution in [0.1, 0.15) is 24.0 Å². The highest BCUT2D eigenvalue weighted by atomic mass is 19.4. The Morgan fingerprint density at radius 2 is 1.96 bits per heavy atom. The van der Waals surface area contributed by atoms with Gasteiger partial charge in [-0.25, -0.2) is 4.79 Å². The highest BCUT2D eigenvalue weighted by Crippen LogP contribution is 2.31. The summed E-state index contributed by atoms with van der Waals surface area (Å²) in [5, 5.41) is 10.2. The highest BCUT2D eigenvalue weighted by molar-refractivity contribution is 5.87. The number of rotatable bonds is 2. The largest absolute Gasteiger partial charge is 0.412 e. The molecule has 2 aliphatic rings. The molecule has 1 N–H and O–H groups in total. The monoisotopic (exact) mass is 378 g/mol. The van der Waals surface area contributed by atoms with Gasteiger partial charge in [0.1, 0.15) is 0 Å². The number of fused-ring (bicyclic) bond motifs is 1. The van der Waals surface area contributed by atoms with Crippen molar-refractivity contribution in [3.05, 3.63) is 41.0 Å². The van der Waals surface area contributed by atoms with Gasteiger partial charge >= 0.3 is 18.2 Å². The van der Waals surface area contributed by atoms with Crippen molar-refractivity contribution in [2.75, 3.05) is 18.4 Å². The molecule has 4 rings (SSSR count). The van der Waals surface area contributed by atoms with Gasteiger partial charge in [0.05, 0.1) is 0 Å². The first-order valence-electron chi connectivity index (χ1n) is 8.68. The van der Waals surface area contributed by atoms with Crippen molar-refractivity contribution in [2.45, 2.75) is 31.9 Å². The predicted octanol–water partition coefficient (Wildman–Crippen LogP) is 3.95. The molecule has 1 aromatic carbocycles. The Labute approximate surface area is 153 Å². The van der Waals surface area contributed by atoms with Crippen molar-refractivity contribution < 1.29 is 22.4 Å². The number of carbonyl (C=O) groups is 1. The zero-order valence-electron chi connectivity index (χ0n) is 14.3. The average molecular weight is 378 g/mol. The van der Waals surface area contributed by atoms with Gasteiger partial charge in [0.25, 0.3) is 0 Å². The van der Waals surface area contributed by atoms with E-state index in [1.165, 1.54) is 16.0 Å². The maximum absolute atomic E-state index is 12.6. The third-order valence-electron chi connectivity index (χ3n) is 4.84. The first-order chi connectivity index (χ1) is 12.9. The number of halogens is 3. The maximum Gasteiger partial charge on any atom is 0.412 e. The number of carbonyl (C=O) groups excluding carboxylic acids is 1. The van der Waals surface area contributed by atoms with Crippen LogP contribution in [0.15, 0.2) is 34.3 Å². The van der Waals surface area contributed by atoms with E-state index in [4.69, 9.17) is 4.42 Å². The molecule has 0 unspecified atom stereocenters. The van der Waals surface area contributed by atoms with Gasteiger partial charge < -0.3 is 9.32 Å². The van der Waals surface area contributed by atoms with Crippen LogP contribution in [0.3, 0.4) is 0 Å². The molecular weight excluding hydrogens is 361 g/mol. The number of hydrogen-bond acceptors (Lipinski definition) is 4. The summed E-state index contributed by atoms with van der Waals surface area (Å²) >= 11 is 0. The summed E-state index contributed by atoms with van der Waals surface area (Å²) in [5.41, 5.74) is 2.75. The Kier molecular flexibility index (Phi) is 4.37. The quantitative estimate of drug-likeness (QED) is 0.804. The molecule has 0 fully saturated rings. The lowest BCUT2D eigenvalue weighted by Gasteiger charge is -2.26. The number of hydrogen-bond donors (Lipinski definition) is 1. The van der Waals surface area contributed by atoms with Gasteiger partial charge in [-0.1, -0.05) is 17.2 Å². The van der Waals surface area contributed by atoms with Crippen molar-refractivity contribution in [2.24, 2.45) is 0 Å². The van der Waals surface area contributed by atoms with E-state index in [0.717, 1.165) is 30.9 Å². The molecule has 2 aromatic rings. The van der Waals surface area contributed by atoms with E-state index < -0.39 is 17.8 Å². The zero-order valence-corrected chi connectivity index (χ0v) is 14.3. The topological polar surface area (TPSA) is 71.3 Å². The van der Waals surface area contributed by atoms with E-state index in [1.807, 2.05) is 18.2 Å². The fourth-order valence-electron chi connectivity index (χ4n) is 3.38. The van der Waals surface area contributed by atoms with Crippen molar-refractivity contribution in [3.63, 3.8) is 0 Å². The van der Waals surface area contributed by atoms with Crippen molar-refractivity contribution in [1.29, 1.82) is 0 Å². The molecule has 0 atom stereocenters. The SMILES string of the molecule is O=C(Nc1nnc(-c2ccc3c(c2)CCC3)o1)N1CC=C(C(F)(F)F)CC1. The fraction of sp³-hybridized carbons (Fsp3) is 0.389. The number of urea groups is 1. The Morgan fingerprint density at radius 1 is 1.15 bits per heavy atom. The van der Waals surface area contributed by atoms with Crippen LogP contribution in [0.4, 0.5) is 24.0 Å². The molecular formula is C18H17F3N4O2. The summed E-state index contributed by atoms with van der Waals surface area (Å²) in [6.07, 6.45) is -0.345. The molecule has 0 spiro atoms. The van der Waals surface area contributed by atoms with E-state index in [2.05, 4.69) is 15.5 Å². The third-order valence-corrected chi connectivity index (χ3v) is 4.84. The van der Waals surface area contributed by atoms with Gasteiger partial charge in [0, 0.05) is 24.2 Å². The Hall–Kier alpha value is -2.84. The van der Waals surface area contributed by atoms with Crippen LogP contribution in [0, 0.1) is 0 Å². The molecule has 0 bridgehead atoms. The molecule has 142 valence electrons. The summed E-state index contributed by atoms with van der Waals surface area (Å²) in [6, 6.07) is 5.29. The lowest BCUT2D eigenvalue weighted by molar-refractivity contribution is -0.0956. The van der Waals surface area contributed by atoms with Gasteiger partial charge in [-0.2, -0.15) is 13.2 Å². The predicted molar refractivity (Wildman–Crippen MR) is 91.1 cm³/mol. The first-order valence-corrected chi connectivity index (χ1v) is 8.68. The van der Waals surface area contributed by atoms with Gasteiger partial charge in [-0.3, -0.25) is 5.32 Å². The van der Waals surface area contributed by atoms with Crippen molar-refractivity contribution >= 4 is 12.0 Å². The molecule has 1 aromatic heterocycles. The van der Waals surface area contributed by atoms with E-state index >= 15 is 0 Å². The van der Waals surface area contributed by atoms with Gasteiger partial charge in [-0.15, -0.1) is 5.10 Å². The number of aromatic nitrogens is 2. The second-order valence-electron chi connectivity index (χ2n) is 6.60. The molecule has 1 aliphatic heterocycles. The number of nitrogens with one attached hydrogen (secondary N) is 1. The molecule has 1 aliphatic carbocycles. The van der Waals surface area contributed by atoms with E-state index in [9.17, 15) is 18.0 Å². The molecule has 2 amide bonds. The van der Waals surface area contributed by atoms with Crippen LogP contribution >= 0.6 is 0 Å². The van der Waals surface area contributed by atoms with Crippen LogP contribution < -0.4 is 5.32 Å². The summed E-state index contributed by atoms with van der Waals surface area (Å²) in [4.78, 5) is 13.5. The molecule has 9 heteroatoms. The molecule has 0 saturated heterocycles. The fourth-order valence-corrected chi connectivity index (χ4v) is 3.38. The van der Waals surface area contributed by atoms with Gasteiger partial charge in [-0.05, 0) is 48.9 Å². The molecule has 2 heterocycles. The number of anilines is 1. The lowest BCUT2D eigenvalue weighted by atomic mass is 10.1. The lowest BCUT2D eigenvalue weighted by Crippen LogP contribution is -2.39. The summed E-state index contributed by atoms with van der Waals surface area (Å²) in [5.74, 6) is 0.290. The van der Waals surface area contributed by atoms with Crippen molar-refractivity contribution in [1.82, 2.24) is 15.1 Å². The molecule has 6 nitrogen and oxygen atoms in total. The van der Waals surface area contributed by atoms with E-state index in [0.29, 0.717) is 0 Å². The molecule has 27 heavy (non-hydrogen) atoms. The zero-order chi connectivity index (χ0) is 19.0. The summed E-state index contributed by atoms with van der Waals surface area (Å²) in [6.45, 7) is -0.143. The second kappa shape index (κ2) is 6.71. The minimum absolute atomic E-state index is 0.0248. The van der Waals surface area contributed by atoms with Crippen LogP contribution in [0.5, 0.6) is 0 Å². The summed E-state index contributed by atoms with van der Waals surface area (Å²) < 4.78 is 43.4. The van der Waals surface area contributed by atoms with Crippen molar-refractivity contribution in [3.8, 4) is 11.5 Å². The third kappa shape index (κ3) is 3.67. The average Bonchev–Trinajstić information content (AvgIpc) is 3.29. The van der Waals surface area contributed by atoms with Crippen LogP contribution in [0.25, 0.3) is 11.5 Å². The van der Waals surface area contributed by atoms with Gasteiger partial charge in [0.2, 0.25) is 5.89 Å². The van der Waals surface area contributed by atoms with Crippen LogP contribution in [-0.2, 0) is 12.8 Å². The Balaban J connectivity index is 1.41. The van der Waals surface area contributed by atoms with Crippen LogP contribution in [0.2, 0.25) is 0 Å². The van der Waals surface area contributed by atoms with E-state index in [-0.39, 0.29) is 31.4 Å². The standard InChI is InChI=1S/C18H17F3N4O2/c19-18(20,21)14-6-8-25(9-7-14)17(26)22-16-24-23-15(27-16)13-5-4-11-2-1-3-12(11)10-13/h4-6,10H,1-3,7-9H2,(H,22,24,26). The number of aryl methyl sites for hydroxylation is 2. The number of alkyl halides is 3. The minimum Gasteiger partial charge on any atom is -0.403 e. The number of amides is 2. The Morgan fingerprint density at radius 3 is 2.70 bits per heavy atom. The summed E-state index contributed by atoms with van der Waals surface area (Å²) in [7, 11) is 0. The highest BCUT2D eigenvalue weighted by Gasteiger charge is 2.35. The first kappa shape index (κ1) is 17.6. The minimum atomic E-state index is -4.35. The smallest absolute Gasteiger partial charge is 0.403 e. The molecule has 0 radical (unpaired) electrons. The van der Waals surface area contributed by atoms with Gasteiger partial charge in [0.15, 0.2) is 0 Å². The number of nitrogens with zero attached hydrogens (tertiary/aromatic N) is 3. The van der Waals surface area contributed by atoms with Crippen LogP contribution in [-0.4, -0.2) is 40.4 Å². The number of benzene rings is 1. The normalized spacial score (nSPS) is 16.9. The maximum atomic E-state index is 12.6. The Bertz CT molecular complexity index is 904. The molecule has 0 saturated carbocycles. The van der Waals surface area contributed by atoms with E-state index in [1.54, 1.807) is 0 Å². The second-order valence-corrected chi connectivity index (χ2v) is 6.60.